The van der Waals surface area contributed by atoms with E-state index in [0.717, 1.165) is 17.4 Å². The van der Waals surface area contributed by atoms with E-state index in [4.69, 9.17) is 16.9 Å². The minimum atomic E-state index is -1.90. The highest BCUT2D eigenvalue weighted by Crippen LogP contribution is 2.33. The van der Waals surface area contributed by atoms with Crippen LogP contribution in [0.3, 0.4) is 0 Å². The Morgan fingerprint density at radius 1 is 1.31 bits per heavy atom. The van der Waals surface area contributed by atoms with Crippen molar-refractivity contribution < 1.29 is 18.1 Å². The Bertz CT molecular complexity index is 1140. The first-order valence-corrected chi connectivity index (χ1v) is 8.98. The van der Waals surface area contributed by atoms with E-state index >= 15 is 0 Å². The number of rotatable bonds is 4. The molecule has 0 aliphatic carbocycles. The van der Waals surface area contributed by atoms with Gasteiger partial charge in [0.1, 0.15) is 28.8 Å². The lowest BCUT2D eigenvalue weighted by Crippen LogP contribution is -2.24. The van der Waals surface area contributed by atoms with E-state index in [0.29, 0.717) is 4.88 Å². The van der Waals surface area contributed by atoms with Gasteiger partial charge >= 0.3 is 5.70 Å². The van der Waals surface area contributed by atoms with Crippen molar-refractivity contribution in [3.05, 3.63) is 65.6 Å². The van der Waals surface area contributed by atoms with Crippen LogP contribution in [0.1, 0.15) is 21.6 Å². The van der Waals surface area contributed by atoms with Gasteiger partial charge in [-0.15, -0.1) is 11.3 Å². The van der Waals surface area contributed by atoms with Gasteiger partial charge in [-0.3, -0.25) is 10.1 Å². The summed E-state index contributed by atoms with van der Waals surface area (Å²) in [7, 11) is 0. The zero-order chi connectivity index (χ0) is 21.3. The average molecular weight is 441 g/mol. The molecule has 0 bridgehead atoms. The molecule has 0 atom stereocenters. The van der Waals surface area contributed by atoms with Gasteiger partial charge in [0.25, 0.3) is 0 Å². The lowest BCUT2D eigenvalue weighted by molar-refractivity contribution is -0.377. The molecule has 1 aliphatic heterocycles. The third-order valence-electron chi connectivity index (χ3n) is 4.05. The predicted octanol–water partition coefficient (Wildman–Crippen LogP) is 2.97. The van der Waals surface area contributed by atoms with Gasteiger partial charge in [0, 0.05) is 24.2 Å². The topological polar surface area (TPSA) is 119 Å². The highest BCUT2D eigenvalue weighted by Gasteiger charge is 2.37. The van der Waals surface area contributed by atoms with Gasteiger partial charge in [0.2, 0.25) is 0 Å². The molecule has 1 saturated heterocycles. The smallest absolute Gasteiger partial charge is 0.320 e. The van der Waals surface area contributed by atoms with Crippen LogP contribution in [0.15, 0.2) is 12.0 Å². The van der Waals surface area contributed by atoms with Gasteiger partial charge in [0.05, 0.1) is 11.5 Å². The van der Waals surface area contributed by atoms with E-state index in [9.17, 15) is 28.5 Å². The Labute approximate surface area is 170 Å². The number of nitrogens with one attached hydrogen (secondary N) is 1. The number of thiazole rings is 1. The zero-order valence-corrected chi connectivity index (χ0v) is 15.7. The van der Waals surface area contributed by atoms with Crippen LogP contribution in [0, 0.1) is 50.2 Å². The Morgan fingerprint density at radius 3 is 2.55 bits per heavy atom. The number of nitriles is 2. The van der Waals surface area contributed by atoms with Crippen LogP contribution in [0.25, 0.3) is 5.70 Å². The predicted molar refractivity (Wildman–Crippen MR) is 95.2 cm³/mol. The largest absolute Gasteiger partial charge is 0.364 e. The first kappa shape index (κ1) is 20.4. The fraction of sp³-hybridized carbons (Fsp3) is 0.188. The molecule has 3 rings (SSSR count). The van der Waals surface area contributed by atoms with E-state index < -0.39 is 44.8 Å². The molecule has 0 spiro atoms. The Morgan fingerprint density at radius 2 is 2.00 bits per heavy atom. The molecule has 1 fully saturated rings. The number of nitro groups is 1. The van der Waals surface area contributed by atoms with E-state index in [1.807, 2.05) is 0 Å². The molecule has 29 heavy (non-hydrogen) atoms. The zero-order valence-electron chi connectivity index (χ0n) is 14.2. The summed E-state index contributed by atoms with van der Waals surface area (Å²) in [6.07, 6.45) is 1.46. The second kappa shape index (κ2) is 7.95. The van der Waals surface area contributed by atoms with Crippen LogP contribution in [-0.2, 0) is 6.54 Å². The van der Waals surface area contributed by atoms with Crippen LogP contribution in [0.2, 0.25) is 4.47 Å². The molecule has 1 aromatic heterocycles. The minimum Gasteiger partial charge on any atom is -0.364 e. The van der Waals surface area contributed by atoms with Gasteiger partial charge in [-0.1, -0.05) is 11.6 Å². The summed E-state index contributed by atoms with van der Waals surface area (Å²) in [5.41, 5.74) is -4.64. The van der Waals surface area contributed by atoms with Crippen molar-refractivity contribution in [3.63, 3.8) is 0 Å². The van der Waals surface area contributed by atoms with Crippen molar-refractivity contribution in [3.8, 4) is 12.1 Å². The Balaban J connectivity index is 2.24. The number of halogens is 4. The highest BCUT2D eigenvalue weighted by molar-refractivity contribution is 7.15. The molecule has 1 aromatic carbocycles. The summed E-state index contributed by atoms with van der Waals surface area (Å²) < 4.78 is 43.4. The van der Waals surface area contributed by atoms with Crippen LogP contribution in [0.5, 0.6) is 0 Å². The molecule has 1 aliphatic rings. The quantitative estimate of drug-likeness (QED) is 0.441. The summed E-state index contributed by atoms with van der Waals surface area (Å²) in [6.45, 7) is 0.589. The number of hydrogen-bond acceptors (Lipinski definition) is 8. The molecule has 0 radical (unpaired) electrons. The van der Waals surface area contributed by atoms with Gasteiger partial charge < -0.3 is 10.2 Å². The van der Waals surface area contributed by atoms with Crippen molar-refractivity contribution in [1.29, 1.82) is 10.5 Å². The maximum Gasteiger partial charge on any atom is 0.320 e. The van der Waals surface area contributed by atoms with E-state index in [2.05, 4.69) is 10.3 Å². The molecule has 0 amide bonds. The number of hydrogen-bond donors (Lipinski definition) is 1. The van der Waals surface area contributed by atoms with Crippen molar-refractivity contribution in [2.24, 2.45) is 0 Å². The Kier molecular flexibility index (Phi) is 5.59. The van der Waals surface area contributed by atoms with E-state index in [1.54, 1.807) is 0 Å². The van der Waals surface area contributed by atoms with Gasteiger partial charge in [-0.2, -0.15) is 10.5 Å². The molecular weight excluding hydrogens is 433 g/mol. The van der Waals surface area contributed by atoms with Crippen LogP contribution >= 0.6 is 22.9 Å². The molecule has 2 heterocycles. The third kappa shape index (κ3) is 3.55. The fourth-order valence-corrected chi connectivity index (χ4v) is 3.84. The Hall–Kier alpha value is -3.35. The lowest BCUT2D eigenvalue weighted by atomic mass is 9.99. The average Bonchev–Trinajstić information content (AvgIpc) is 3.29. The summed E-state index contributed by atoms with van der Waals surface area (Å²) in [5.74, 6) is -5.65. The summed E-state index contributed by atoms with van der Waals surface area (Å²) in [6, 6.07) is 2.41. The minimum absolute atomic E-state index is 0.106. The van der Waals surface area contributed by atoms with Crippen molar-refractivity contribution >= 4 is 28.6 Å². The summed E-state index contributed by atoms with van der Waals surface area (Å²) >= 11 is 6.90. The molecule has 2 aromatic rings. The van der Waals surface area contributed by atoms with Crippen LogP contribution < -0.4 is 5.32 Å². The summed E-state index contributed by atoms with van der Waals surface area (Å²) in [4.78, 5) is 16.7. The van der Waals surface area contributed by atoms with Crippen LogP contribution in [-0.4, -0.2) is 27.9 Å². The number of aromatic nitrogens is 1. The molecule has 0 unspecified atom stereocenters. The maximum absolute atomic E-state index is 14.6. The molecule has 13 heteroatoms. The molecule has 1 N–H and O–H groups in total. The fourth-order valence-electron chi connectivity index (χ4n) is 2.85. The molecular formula is C16H8ClF3N6O2S. The molecule has 148 valence electrons. The monoisotopic (exact) mass is 440 g/mol. The second-order valence-electron chi connectivity index (χ2n) is 5.67. The van der Waals surface area contributed by atoms with E-state index in [-0.39, 0.29) is 29.9 Å². The first-order valence-electron chi connectivity index (χ1n) is 7.78. The van der Waals surface area contributed by atoms with Crippen molar-refractivity contribution in [1.82, 2.24) is 15.2 Å². The summed E-state index contributed by atoms with van der Waals surface area (Å²) in [5, 5.41) is 32.5. The third-order valence-corrected chi connectivity index (χ3v) is 5.15. The van der Waals surface area contributed by atoms with Crippen LogP contribution in [0.4, 0.5) is 13.2 Å². The highest BCUT2D eigenvalue weighted by atomic mass is 35.5. The molecule has 8 nitrogen and oxygen atoms in total. The van der Waals surface area contributed by atoms with E-state index in [1.165, 1.54) is 17.2 Å². The normalized spacial score (nSPS) is 14.9. The van der Waals surface area contributed by atoms with Crippen molar-refractivity contribution in [2.45, 2.75) is 6.54 Å². The SMILES string of the molecule is N#Cc1c(F)c(F)c(/C(=C2/NCCN2Cc2cnc(Cl)s2)[N+](=O)[O-])c(C#N)c1F. The van der Waals surface area contributed by atoms with Gasteiger partial charge in [-0.05, 0) is 0 Å². The maximum atomic E-state index is 14.6. The first-order chi connectivity index (χ1) is 13.8. The number of benzene rings is 1. The van der Waals surface area contributed by atoms with Crippen molar-refractivity contribution in [2.75, 3.05) is 13.1 Å². The van der Waals surface area contributed by atoms with Gasteiger partial charge in [0.15, 0.2) is 27.7 Å². The lowest BCUT2D eigenvalue weighted by Gasteiger charge is -2.18. The number of nitrogens with zero attached hydrogens (tertiary/aromatic N) is 5. The van der Waals surface area contributed by atoms with Gasteiger partial charge in [-0.25, -0.2) is 18.2 Å². The second-order valence-corrected chi connectivity index (χ2v) is 7.37. The standard InChI is InChI=1S/C16H8ClF3N6O2S/c17-16-24-5-7(29-16)6-25-2-1-23-15(25)14(26(27)28)10-8(3-21)11(18)9(4-22)12(19)13(10)20/h5,23H,1-2,6H2/b15-14+. The molecule has 0 saturated carbocycles.